The quantitative estimate of drug-likeness (QED) is 0.423. The van der Waals surface area contributed by atoms with Crippen LogP contribution in [0.15, 0.2) is 16.3 Å². The predicted molar refractivity (Wildman–Crippen MR) is 68.6 cm³/mol. The first-order chi connectivity index (χ1) is 7.70. The van der Waals surface area contributed by atoms with E-state index in [0.717, 1.165) is 12.6 Å². The molecule has 1 aromatic heterocycles. The van der Waals surface area contributed by atoms with Crippen molar-refractivity contribution in [1.82, 2.24) is 4.57 Å². The number of aromatic nitrogens is 1. The average Bonchev–Trinajstić information content (AvgIpc) is 2.55. The lowest BCUT2D eigenvalue weighted by Crippen LogP contribution is -2.02. The van der Waals surface area contributed by atoms with Gasteiger partial charge in [0.15, 0.2) is 9.76 Å². The lowest BCUT2D eigenvalue weighted by Gasteiger charge is -2.05. The summed E-state index contributed by atoms with van der Waals surface area (Å²) in [6.07, 6.45) is 1.85. The molecule has 1 rings (SSSR count). The Hall–Kier alpha value is -0.943. The Morgan fingerprint density at radius 1 is 1.38 bits per heavy atom. The van der Waals surface area contributed by atoms with Gasteiger partial charge in [-0.3, -0.25) is 0 Å². The zero-order chi connectivity index (χ0) is 12.0. The van der Waals surface area contributed by atoms with Crippen LogP contribution in [0.5, 0.6) is 0 Å². The maximum absolute atomic E-state index is 5.04. The van der Waals surface area contributed by atoms with Crippen LogP contribution in [-0.4, -0.2) is 27.6 Å². The highest BCUT2D eigenvalue weighted by atomic mass is 28.2. The first kappa shape index (κ1) is 13.1. The largest absolute Gasteiger partial charge is 0.425 e. The summed E-state index contributed by atoms with van der Waals surface area (Å²) < 4.78 is 7.25. The highest BCUT2D eigenvalue weighted by molar-refractivity contribution is 6.27. The highest BCUT2D eigenvalue weighted by Crippen LogP contribution is 2.15. The molecular formula is C11H21N3OSi. The third kappa shape index (κ3) is 3.28. The van der Waals surface area contributed by atoms with Gasteiger partial charge in [0.1, 0.15) is 6.67 Å². The van der Waals surface area contributed by atoms with E-state index in [1.165, 1.54) is 17.0 Å². The number of azo groups is 1. The normalized spacial score (nSPS) is 12.2. The molecule has 0 aliphatic heterocycles. The van der Waals surface area contributed by atoms with E-state index >= 15 is 0 Å². The molecule has 4 nitrogen and oxygen atoms in total. The number of aryl methyl sites for hydroxylation is 2. The molecule has 0 aromatic carbocycles. The van der Waals surface area contributed by atoms with Crippen molar-refractivity contribution in [3.05, 3.63) is 23.0 Å². The third-order valence-electron chi connectivity index (χ3n) is 2.76. The second-order valence-corrected chi connectivity index (χ2v) is 5.25. The molecule has 90 valence electrons. The Balaban J connectivity index is 2.59. The van der Waals surface area contributed by atoms with E-state index < -0.39 is 9.76 Å². The van der Waals surface area contributed by atoms with Gasteiger partial charge in [-0.1, -0.05) is 6.92 Å². The van der Waals surface area contributed by atoms with Crippen molar-refractivity contribution in [2.75, 3.05) is 13.3 Å². The van der Waals surface area contributed by atoms with Gasteiger partial charge in [-0.2, -0.15) is 10.2 Å². The standard InChI is InChI=1S/C11H21N3OSi/c1-5-11-6-9(2)14(10(11)3)7-12-13-8-16-15-4/h6H,5,7-8,16H2,1-4H3. The molecule has 1 heterocycles. The van der Waals surface area contributed by atoms with Crippen LogP contribution in [0, 0.1) is 13.8 Å². The first-order valence-corrected chi connectivity index (χ1v) is 7.26. The number of nitrogens with zero attached hydrogens (tertiary/aromatic N) is 3. The molecule has 5 heteroatoms. The SMILES string of the molecule is CCc1cc(C)n(CN=NC[SiH2]OC)c1C. The van der Waals surface area contributed by atoms with Gasteiger partial charge in [0.25, 0.3) is 0 Å². The first-order valence-electron chi connectivity index (χ1n) is 5.68. The minimum absolute atomic E-state index is 0.467. The molecule has 0 unspecified atom stereocenters. The van der Waals surface area contributed by atoms with Gasteiger partial charge < -0.3 is 8.99 Å². The monoisotopic (exact) mass is 239 g/mol. The lowest BCUT2D eigenvalue weighted by atomic mass is 10.2. The Morgan fingerprint density at radius 2 is 2.12 bits per heavy atom. The second-order valence-electron chi connectivity index (χ2n) is 3.82. The molecule has 0 spiro atoms. The molecule has 0 aliphatic carbocycles. The van der Waals surface area contributed by atoms with Crippen molar-refractivity contribution < 1.29 is 4.43 Å². The third-order valence-corrected chi connectivity index (χ3v) is 3.55. The van der Waals surface area contributed by atoms with E-state index in [-0.39, 0.29) is 0 Å². The van der Waals surface area contributed by atoms with Crippen LogP contribution in [-0.2, 0) is 17.5 Å². The van der Waals surface area contributed by atoms with Crippen molar-refractivity contribution in [3.63, 3.8) is 0 Å². The summed E-state index contributed by atoms with van der Waals surface area (Å²) in [5, 5.41) is 8.31. The van der Waals surface area contributed by atoms with E-state index in [1.54, 1.807) is 7.11 Å². The zero-order valence-corrected chi connectivity index (χ0v) is 12.1. The topological polar surface area (TPSA) is 38.9 Å². The Bertz CT molecular complexity index is 360. The zero-order valence-electron chi connectivity index (χ0n) is 10.7. The van der Waals surface area contributed by atoms with Crippen molar-refractivity contribution in [1.29, 1.82) is 0 Å². The van der Waals surface area contributed by atoms with Gasteiger partial charge >= 0.3 is 0 Å². The van der Waals surface area contributed by atoms with E-state index in [1.807, 2.05) is 0 Å². The summed E-state index contributed by atoms with van der Waals surface area (Å²) in [4.78, 5) is 0. The van der Waals surface area contributed by atoms with Gasteiger partial charge in [0.05, 0.1) is 6.17 Å². The minimum Gasteiger partial charge on any atom is -0.425 e. The fourth-order valence-corrected chi connectivity index (χ4v) is 2.16. The molecule has 0 fully saturated rings. The molecule has 0 saturated carbocycles. The van der Waals surface area contributed by atoms with Crippen LogP contribution in [0.3, 0.4) is 0 Å². The average molecular weight is 239 g/mol. The van der Waals surface area contributed by atoms with Crippen molar-refractivity contribution in [2.45, 2.75) is 33.9 Å². The lowest BCUT2D eigenvalue weighted by molar-refractivity contribution is 0.441. The van der Waals surface area contributed by atoms with Crippen LogP contribution < -0.4 is 0 Å². The molecule has 0 N–H and O–H groups in total. The maximum atomic E-state index is 5.04. The summed E-state index contributed by atoms with van der Waals surface area (Å²) in [5.41, 5.74) is 3.97. The van der Waals surface area contributed by atoms with Crippen LogP contribution in [0.25, 0.3) is 0 Å². The number of rotatable bonds is 6. The van der Waals surface area contributed by atoms with Gasteiger partial charge in [0.2, 0.25) is 0 Å². The van der Waals surface area contributed by atoms with Gasteiger partial charge in [-0.15, -0.1) is 0 Å². The molecule has 1 aromatic rings. The highest BCUT2D eigenvalue weighted by Gasteiger charge is 2.05. The molecule has 0 aliphatic rings. The molecular weight excluding hydrogens is 218 g/mol. The van der Waals surface area contributed by atoms with E-state index in [4.69, 9.17) is 4.43 Å². The molecule has 0 bridgehead atoms. The summed E-state index contributed by atoms with van der Waals surface area (Å²) in [6, 6.07) is 2.23. The fourth-order valence-electron chi connectivity index (χ4n) is 1.76. The maximum Gasteiger partial charge on any atom is 0.184 e. The smallest absolute Gasteiger partial charge is 0.184 e. The van der Waals surface area contributed by atoms with Gasteiger partial charge in [-0.25, -0.2) is 0 Å². The van der Waals surface area contributed by atoms with Crippen LogP contribution in [0.4, 0.5) is 0 Å². The number of hydrogen-bond donors (Lipinski definition) is 0. The molecule has 0 radical (unpaired) electrons. The Kier molecular flexibility index (Phi) is 5.41. The summed E-state index contributed by atoms with van der Waals surface area (Å²) in [5.74, 6) is 0. The summed E-state index contributed by atoms with van der Waals surface area (Å²) in [7, 11) is 1.26. The number of hydrogen-bond acceptors (Lipinski definition) is 3. The van der Waals surface area contributed by atoms with Crippen molar-refractivity contribution in [2.24, 2.45) is 10.2 Å². The summed E-state index contributed by atoms with van der Waals surface area (Å²) in [6.45, 7) is 7.07. The Morgan fingerprint density at radius 3 is 2.69 bits per heavy atom. The molecule has 0 amide bonds. The van der Waals surface area contributed by atoms with Gasteiger partial charge in [-0.05, 0) is 31.9 Å². The van der Waals surface area contributed by atoms with Crippen LogP contribution in [0.1, 0.15) is 23.9 Å². The van der Waals surface area contributed by atoms with Crippen LogP contribution >= 0.6 is 0 Å². The summed E-state index contributed by atoms with van der Waals surface area (Å²) >= 11 is 0. The minimum atomic E-state index is -0.467. The Labute approximate surface area is 99.7 Å². The second kappa shape index (κ2) is 6.60. The van der Waals surface area contributed by atoms with Crippen molar-refractivity contribution in [3.8, 4) is 0 Å². The van der Waals surface area contributed by atoms with Gasteiger partial charge in [0, 0.05) is 18.5 Å². The van der Waals surface area contributed by atoms with E-state index in [0.29, 0.717) is 6.67 Å². The van der Waals surface area contributed by atoms with Crippen molar-refractivity contribution >= 4 is 9.76 Å². The fraction of sp³-hybridized carbons (Fsp3) is 0.636. The predicted octanol–water partition coefficient (Wildman–Crippen LogP) is 1.76. The molecule has 0 atom stereocenters. The van der Waals surface area contributed by atoms with Crippen LogP contribution in [0.2, 0.25) is 0 Å². The van der Waals surface area contributed by atoms with E-state index in [2.05, 4.69) is 41.6 Å². The van der Waals surface area contributed by atoms with E-state index in [9.17, 15) is 0 Å². The molecule has 16 heavy (non-hydrogen) atoms. The molecule has 0 saturated heterocycles.